The normalized spacial score (nSPS) is 11.1. The maximum atomic E-state index is 12.5. The third-order valence-corrected chi connectivity index (χ3v) is 5.12. The molecular formula is C25H40O3. The third-order valence-electron chi connectivity index (χ3n) is 5.12. The fourth-order valence-electron chi connectivity index (χ4n) is 3.42. The molecule has 0 aromatic heterocycles. The molecule has 158 valence electrons. The van der Waals surface area contributed by atoms with E-state index in [0.717, 1.165) is 12.8 Å². The van der Waals surface area contributed by atoms with Crippen molar-refractivity contribution in [3.63, 3.8) is 0 Å². The first kappa shape index (κ1) is 24.3. The lowest BCUT2D eigenvalue weighted by Gasteiger charge is -2.11. The smallest absolute Gasteiger partial charge is 0.171 e. The molecule has 0 aliphatic rings. The van der Waals surface area contributed by atoms with Crippen molar-refractivity contribution in [3.05, 3.63) is 35.9 Å². The summed E-state index contributed by atoms with van der Waals surface area (Å²) in [7, 11) is 3.17. The summed E-state index contributed by atoms with van der Waals surface area (Å²) in [6.45, 7) is 2.26. The van der Waals surface area contributed by atoms with Gasteiger partial charge >= 0.3 is 0 Å². The number of methoxy groups -OCH3 is 2. The Morgan fingerprint density at radius 3 is 2.04 bits per heavy atom. The van der Waals surface area contributed by atoms with Gasteiger partial charge in [0.15, 0.2) is 17.3 Å². The second-order valence-electron chi connectivity index (χ2n) is 7.44. The van der Waals surface area contributed by atoms with Gasteiger partial charge in [0.05, 0.1) is 19.8 Å². The second kappa shape index (κ2) is 16.2. The van der Waals surface area contributed by atoms with Gasteiger partial charge in [0.1, 0.15) is 0 Å². The molecule has 1 aromatic carbocycles. The molecule has 3 nitrogen and oxygen atoms in total. The van der Waals surface area contributed by atoms with Crippen LogP contribution in [0, 0.1) is 0 Å². The molecule has 3 heteroatoms. The minimum absolute atomic E-state index is 0.139. The summed E-state index contributed by atoms with van der Waals surface area (Å²) in [5.41, 5.74) is 0.628. The van der Waals surface area contributed by atoms with Crippen LogP contribution in [0.2, 0.25) is 0 Å². The van der Waals surface area contributed by atoms with Gasteiger partial charge in [0.25, 0.3) is 0 Å². The number of Topliss-reactive ketones (excluding diaryl/α,β-unsaturated/α-hetero) is 1. The molecule has 0 atom stereocenters. The average Bonchev–Trinajstić information content (AvgIpc) is 2.73. The molecule has 0 bridgehead atoms. The summed E-state index contributed by atoms with van der Waals surface area (Å²) in [5.74, 6) is 1.30. The van der Waals surface area contributed by atoms with Crippen molar-refractivity contribution in [1.82, 2.24) is 0 Å². The number of hydrogen-bond donors (Lipinski definition) is 0. The minimum atomic E-state index is 0.139. The molecule has 0 N–H and O–H groups in total. The summed E-state index contributed by atoms with van der Waals surface area (Å²) in [6.07, 6.45) is 20.2. The summed E-state index contributed by atoms with van der Waals surface area (Å²) in [4.78, 5) is 12.5. The molecule has 0 spiro atoms. The molecular weight excluding hydrogens is 348 g/mol. The topological polar surface area (TPSA) is 35.5 Å². The van der Waals surface area contributed by atoms with E-state index in [1.165, 1.54) is 64.2 Å². The zero-order valence-corrected chi connectivity index (χ0v) is 18.3. The summed E-state index contributed by atoms with van der Waals surface area (Å²) in [6, 6.07) is 5.48. The van der Waals surface area contributed by atoms with Gasteiger partial charge in [0.2, 0.25) is 0 Å². The van der Waals surface area contributed by atoms with Crippen LogP contribution in [0.15, 0.2) is 30.4 Å². The van der Waals surface area contributed by atoms with Gasteiger partial charge in [-0.15, -0.1) is 0 Å². The highest BCUT2D eigenvalue weighted by Gasteiger charge is 2.15. The lowest BCUT2D eigenvalue weighted by atomic mass is 10.0. The molecule has 28 heavy (non-hydrogen) atoms. The number of carbonyl (C=O) groups excluding carboxylic acids is 1. The van der Waals surface area contributed by atoms with Crippen molar-refractivity contribution in [3.8, 4) is 11.5 Å². The number of benzene rings is 1. The summed E-state index contributed by atoms with van der Waals surface area (Å²) < 4.78 is 10.6. The van der Waals surface area contributed by atoms with Crippen LogP contribution in [-0.4, -0.2) is 20.0 Å². The fourth-order valence-corrected chi connectivity index (χ4v) is 3.42. The number of carbonyl (C=O) groups is 1. The van der Waals surface area contributed by atoms with E-state index in [2.05, 4.69) is 19.1 Å². The predicted molar refractivity (Wildman–Crippen MR) is 119 cm³/mol. The molecule has 0 aliphatic heterocycles. The molecule has 0 unspecified atom stereocenters. The van der Waals surface area contributed by atoms with E-state index in [0.29, 0.717) is 23.5 Å². The number of hydrogen-bond acceptors (Lipinski definition) is 3. The average molecular weight is 389 g/mol. The zero-order chi connectivity index (χ0) is 20.5. The van der Waals surface area contributed by atoms with Crippen LogP contribution in [-0.2, 0) is 0 Å². The molecule has 1 aromatic rings. The Balaban J connectivity index is 2.07. The van der Waals surface area contributed by atoms with Crippen LogP contribution >= 0.6 is 0 Å². The van der Waals surface area contributed by atoms with Crippen LogP contribution < -0.4 is 9.47 Å². The quantitative estimate of drug-likeness (QED) is 0.157. The van der Waals surface area contributed by atoms with E-state index in [-0.39, 0.29) is 5.78 Å². The summed E-state index contributed by atoms with van der Waals surface area (Å²) in [5, 5.41) is 0. The number of ether oxygens (including phenoxy) is 2. The first-order valence-corrected chi connectivity index (χ1v) is 11.1. The predicted octanol–water partition coefficient (Wildman–Crippen LogP) is 7.53. The van der Waals surface area contributed by atoms with Crippen LogP contribution in [0.25, 0.3) is 0 Å². The molecule has 0 radical (unpaired) electrons. The number of unbranched alkanes of at least 4 members (excludes halogenated alkanes) is 10. The molecule has 0 saturated carbocycles. The van der Waals surface area contributed by atoms with E-state index in [1.54, 1.807) is 14.2 Å². The maximum absolute atomic E-state index is 12.5. The Morgan fingerprint density at radius 1 is 0.821 bits per heavy atom. The summed E-state index contributed by atoms with van der Waals surface area (Å²) >= 11 is 0. The Kier molecular flexibility index (Phi) is 14.0. The Morgan fingerprint density at radius 2 is 1.43 bits per heavy atom. The van der Waals surface area contributed by atoms with E-state index < -0.39 is 0 Å². The fraction of sp³-hybridized carbons (Fsp3) is 0.640. The van der Waals surface area contributed by atoms with Crippen molar-refractivity contribution in [2.75, 3.05) is 14.2 Å². The lowest BCUT2D eigenvalue weighted by Crippen LogP contribution is -2.03. The van der Waals surface area contributed by atoms with Gasteiger partial charge in [-0.1, -0.05) is 70.1 Å². The minimum Gasteiger partial charge on any atom is -0.493 e. The number of allylic oxidation sites excluding steroid dienone is 2. The van der Waals surface area contributed by atoms with Gasteiger partial charge in [-0.25, -0.2) is 0 Å². The second-order valence-corrected chi connectivity index (χ2v) is 7.44. The molecule has 1 rings (SSSR count). The maximum Gasteiger partial charge on any atom is 0.171 e. The molecule has 0 amide bonds. The monoisotopic (exact) mass is 388 g/mol. The van der Waals surface area contributed by atoms with Crippen molar-refractivity contribution in [2.45, 2.75) is 90.4 Å². The Labute approximate surface area is 172 Å². The number of rotatable bonds is 17. The van der Waals surface area contributed by atoms with E-state index in [4.69, 9.17) is 9.47 Å². The Bertz CT molecular complexity index is 563. The van der Waals surface area contributed by atoms with Gasteiger partial charge in [-0.2, -0.15) is 0 Å². The highest BCUT2D eigenvalue weighted by atomic mass is 16.5. The molecule has 0 aliphatic carbocycles. The van der Waals surface area contributed by atoms with Gasteiger partial charge in [-0.3, -0.25) is 4.79 Å². The standard InChI is InChI=1S/C25H40O3/c1-4-5-6-7-8-9-10-11-12-13-14-15-16-17-20-23(26)22-19-18-21-24(27-2)25(22)28-3/h9-10,18-19,21H,4-8,11-17,20H2,1-3H3. The van der Waals surface area contributed by atoms with Crippen LogP contribution in [0.4, 0.5) is 0 Å². The highest BCUT2D eigenvalue weighted by molar-refractivity contribution is 5.99. The first-order valence-electron chi connectivity index (χ1n) is 11.1. The molecule has 0 fully saturated rings. The number of para-hydroxylation sites is 1. The van der Waals surface area contributed by atoms with E-state index >= 15 is 0 Å². The van der Waals surface area contributed by atoms with E-state index in [1.807, 2.05) is 18.2 Å². The van der Waals surface area contributed by atoms with E-state index in [9.17, 15) is 4.79 Å². The van der Waals surface area contributed by atoms with Gasteiger partial charge < -0.3 is 9.47 Å². The first-order chi connectivity index (χ1) is 13.7. The van der Waals surface area contributed by atoms with Crippen molar-refractivity contribution >= 4 is 5.78 Å². The van der Waals surface area contributed by atoms with Crippen LogP contribution in [0.5, 0.6) is 11.5 Å². The van der Waals surface area contributed by atoms with Crippen LogP contribution in [0.1, 0.15) is 101 Å². The van der Waals surface area contributed by atoms with Gasteiger partial charge in [0, 0.05) is 6.42 Å². The third kappa shape index (κ3) is 9.96. The Hall–Kier alpha value is -1.77. The van der Waals surface area contributed by atoms with Crippen molar-refractivity contribution in [1.29, 1.82) is 0 Å². The van der Waals surface area contributed by atoms with Crippen molar-refractivity contribution < 1.29 is 14.3 Å². The van der Waals surface area contributed by atoms with Crippen molar-refractivity contribution in [2.24, 2.45) is 0 Å². The van der Waals surface area contributed by atoms with Crippen LogP contribution in [0.3, 0.4) is 0 Å². The number of ketones is 1. The SMILES string of the molecule is CCCCCCC=CCCCCCCCCC(=O)c1cccc(OC)c1OC. The molecule has 0 saturated heterocycles. The largest absolute Gasteiger partial charge is 0.493 e. The lowest BCUT2D eigenvalue weighted by molar-refractivity contribution is 0.0975. The zero-order valence-electron chi connectivity index (χ0n) is 18.3. The molecule has 0 heterocycles. The van der Waals surface area contributed by atoms with Gasteiger partial charge in [-0.05, 0) is 44.2 Å². The highest BCUT2D eigenvalue weighted by Crippen LogP contribution is 2.31.